The van der Waals surface area contributed by atoms with Crippen molar-refractivity contribution >= 4 is 0 Å². The lowest BCUT2D eigenvalue weighted by atomic mass is 10.00. The average molecular weight is 172 g/mol. The largest absolute Gasteiger partial charge is 0.350 e. The molecule has 0 atom stereocenters. The number of rotatable bonds is 3. The molecule has 0 spiro atoms. The Labute approximate surface area is 75.2 Å². The van der Waals surface area contributed by atoms with Gasteiger partial charge in [0.2, 0.25) is 0 Å². The van der Waals surface area contributed by atoms with Gasteiger partial charge in [-0.3, -0.25) is 0 Å². The van der Waals surface area contributed by atoms with Crippen molar-refractivity contribution in [2.45, 2.75) is 45.8 Å². The molecule has 0 amide bonds. The lowest BCUT2D eigenvalue weighted by molar-refractivity contribution is -0.275. The van der Waals surface area contributed by atoms with E-state index in [0.717, 1.165) is 32.5 Å². The molecule has 1 heterocycles. The van der Waals surface area contributed by atoms with E-state index in [1.807, 2.05) is 0 Å². The van der Waals surface area contributed by atoms with Crippen LogP contribution in [-0.2, 0) is 9.47 Å². The zero-order chi connectivity index (χ0) is 9.03. The molecule has 0 N–H and O–H groups in total. The molecule has 2 heteroatoms. The zero-order valence-electron chi connectivity index (χ0n) is 8.43. The number of hydrogen-bond acceptors (Lipinski definition) is 2. The van der Waals surface area contributed by atoms with Gasteiger partial charge in [-0.25, -0.2) is 0 Å². The molecule has 0 aromatic heterocycles. The van der Waals surface area contributed by atoms with Crippen LogP contribution in [0.2, 0.25) is 0 Å². The van der Waals surface area contributed by atoms with Gasteiger partial charge in [0.15, 0.2) is 5.79 Å². The predicted octanol–water partition coefficient (Wildman–Crippen LogP) is 2.58. The van der Waals surface area contributed by atoms with E-state index < -0.39 is 0 Å². The molecule has 12 heavy (non-hydrogen) atoms. The summed E-state index contributed by atoms with van der Waals surface area (Å²) >= 11 is 0. The fourth-order valence-electron chi connectivity index (χ4n) is 1.71. The van der Waals surface area contributed by atoms with Crippen molar-refractivity contribution in [2.24, 2.45) is 5.92 Å². The molecule has 1 fully saturated rings. The van der Waals surface area contributed by atoms with Crippen molar-refractivity contribution in [3.63, 3.8) is 0 Å². The second-order valence-corrected chi connectivity index (χ2v) is 3.91. The van der Waals surface area contributed by atoms with E-state index in [-0.39, 0.29) is 5.79 Å². The van der Waals surface area contributed by atoms with Crippen LogP contribution in [0.5, 0.6) is 0 Å². The Morgan fingerprint density at radius 3 is 2.25 bits per heavy atom. The van der Waals surface area contributed by atoms with Crippen LogP contribution < -0.4 is 0 Å². The summed E-state index contributed by atoms with van der Waals surface area (Å²) in [5.74, 6) is 0.384. The molecular formula is C10H20O2. The molecular weight excluding hydrogens is 152 g/mol. The summed E-state index contributed by atoms with van der Waals surface area (Å²) in [6.07, 6.45) is 3.02. The van der Waals surface area contributed by atoms with Gasteiger partial charge >= 0.3 is 0 Å². The van der Waals surface area contributed by atoms with Crippen LogP contribution in [0.15, 0.2) is 0 Å². The van der Waals surface area contributed by atoms with E-state index >= 15 is 0 Å². The first-order chi connectivity index (χ1) is 5.68. The highest BCUT2D eigenvalue weighted by Crippen LogP contribution is 2.29. The third kappa shape index (κ3) is 2.46. The highest BCUT2D eigenvalue weighted by Gasteiger charge is 2.33. The minimum absolute atomic E-state index is 0.258. The fourth-order valence-corrected chi connectivity index (χ4v) is 1.71. The molecule has 1 saturated heterocycles. The van der Waals surface area contributed by atoms with E-state index in [2.05, 4.69) is 20.8 Å². The summed E-state index contributed by atoms with van der Waals surface area (Å²) in [4.78, 5) is 0. The van der Waals surface area contributed by atoms with Crippen molar-refractivity contribution in [3.8, 4) is 0 Å². The molecule has 1 rings (SSSR count). The van der Waals surface area contributed by atoms with Gasteiger partial charge in [-0.15, -0.1) is 0 Å². The van der Waals surface area contributed by atoms with Crippen molar-refractivity contribution < 1.29 is 9.47 Å². The molecule has 72 valence electrons. The van der Waals surface area contributed by atoms with Crippen LogP contribution in [0, 0.1) is 5.92 Å². The Balaban J connectivity index is 2.48. The minimum atomic E-state index is -0.258. The van der Waals surface area contributed by atoms with E-state index in [9.17, 15) is 0 Å². The number of ether oxygens (including phenoxy) is 2. The van der Waals surface area contributed by atoms with E-state index in [1.165, 1.54) is 0 Å². The second-order valence-electron chi connectivity index (χ2n) is 3.91. The van der Waals surface area contributed by atoms with Gasteiger partial charge in [0.25, 0.3) is 0 Å². The minimum Gasteiger partial charge on any atom is -0.350 e. The Morgan fingerprint density at radius 2 is 1.83 bits per heavy atom. The first kappa shape index (κ1) is 10.0. The van der Waals surface area contributed by atoms with Gasteiger partial charge in [-0.05, 0) is 18.8 Å². The molecule has 0 saturated carbocycles. The van der Waals surface area contributed by atoms with Gasteiger partial charge in [-0.2, -0.15) is 0 Å². The molecule has 2 nitrogen and oxygen atoms in total. The lowest BCUT2D eigenvalue weighted by Crippen LogP contribution is -2.41. The maximum atomic E-state index is 5.70. The predicted molar refractivity (Wildman–Crippen MR) is 49.0 cm³/mol. The topological polar surface area (TPSA) is 18.5 Å². The summed E-state index contributed by atoms with van der Waals surface area (Å²) < 4.78 is 11.4. The van der Waals surface area contributed by atoms with Crippen molar-refractivity contribution in [3.05, 3.63) is 0 Å². The van der Waals surface area contributed by atoms with Crippen LogP contribution in [-0.4, -0.2) is 19.0 Å². The third-order valence-corrected chi connectivity index (χ3v) is 2.28. The second kappa shape index (κ2) is 4.24. The molecule has 1 aliphatic rings. The van der Waals surface area contributed by atoms with Crippen LogP contribution in [0.25, 0.3) is 0 Å². The van der Waals surface area contributed by atoms with Crippen LogP contribution in [0.3, 0.4) is 0 Å². The Bertz CT molecular complexity index is 126. The van der Waals surface area contributed by atoms with Gasteiger partial charge in [0.1, 0.15) is 0 Å². The Morgan fingerprint density at radius 1 is 1.25 bits per heavy atom. The van der Waals surface area contributed by atoms with Gasteiger partial charge in [0, 0.05) is 6.42 Å². The molecule has 0 aliphatic carbocycles. The maximum absolute atomic E-state index is 5.70. The zero-order valence-corrected chi connectivity index (χ0v) is 8.43. The first-order valence-corrected chi connectivity index (χ1v) is 4.96. The van der Waals surface area contributed by atoms with E-state index in [0.29, 0.717) is 5.92 Å². The molecule has 0 radical (unpaired) electrons. The average Bonchev–Trinajstić information content (AvgIpc) is 2.05. The van der Waals surface area contributed by atoms with E-state index in [1.54, 1.807) is 0 Å². The maximum Gasteiger partial charge on any atom is 0.168 e. The molecule has 1 aliphatic heterocycles. The van der Waals surface area contributed by atoms with Crippen LogP contribution in [0.4, 0.5) is 0 Å². The van der Waals surface area contributed by atoms with Gasteiger partial charge in [-0.1, -0.05) is 20.8 Å². The lowest BCUT2D eigenvalue weighted by Gasteiger charge is -2.37. The number of hydrogen-bond donors (Lipinski definition) is 0. The summed E-state index contributed by atoms with van der Waals surface area (Å²) in [7, 11) is 0. The van der Waals surface area contributed by atoms with Crippen molar-refractivity contribution in [1.82, 2.24) is 0 Å². The summed E-state index contributed by atoms with van der Waals surface area (Å²) in [6, 6.07) is 0. The summed E-state index contributed by atoms with van der Waals surface area (Å²) in [5.41, 5.74) is 0. The van der Waals surface area contributed by atoms with E-state index in [4.69, 9.17) is 9.47 Å². The molecule has 0 bridgehead atoms. The van der Waals surface area contributed by atoms with Crippen molar-refractivity contribution in [2.75, 3.05) is 13.2 Å². The summed E-state index contributed by atoms with van der Waals surface area (Å²) in [6.45, 7) is 8.27. The smallest absolute Gasteiger partial charge is 0.168 e. The highest BCUT2D eigenvalue weighted by molar-refractivity contribution is 4.72. The van der Waals surface area contributed by atoms with Crippen molar-refractivity contribution in [1.29, 1.82) is 0 Å². The third-order valence-electron chi connectivity index (χ3n) is 2.28. The monoisotopic (exact) mass is 172 g/mol. The molecule has 0 aromatic rings. The Hall–Kier alpha value is -0.0800. The van der Waals surface area contributed by atoms with Crippen LogP contribution in [0.1, 0.15) is 40.0 Å². The highest BCUT2D eigenvalue weighted by atomic mass is 16.7. The fraction of sp³-hybridized carbons (Fsp3) is 1.00. The summed E-state index contributed by atoms with van der Waals surface area (Å²) in [5, 5.41) is 0. The molecule has 0 aromatic carbocycles. The normalized spacial score (nSPS) is 23.0. The Kier molecular flexibility index (Phi) is 3.53. The van der Waals surface area contributed by atoms with Gasteiger partial charge in [0.05, 0.1) is 13.2 Å². The molecule has 0 unspecified atom stereocenters. The van der Waals surface area contributed by atoms with Gasteiger partial charge < -0.3 is 9.47 Å². The SMILES string of the molecule is CCC1(CC(C)C)OCCCO1. The van der Waals surface area contributed by atoms with Crippen LogP contribution >= 0.6 is 0 Å². The quantitative estimate of drug-likeness (QED) is 0.651. The standard InChI is InChI=1S/C10H20O2/c1-4-10(8-9(2)3)11-6-5-7-12-10/h9H,4-8H2,1-3H3. The first-order valence-electron chi connectivity index (χ1n) is 4.96.